The van der Waals surface area contributed by atoms with Gasteiger partial charge in [0.05, 0.1) is 11.1 Å². The van der Waals surface area contributed by atoms with Crippen LogP contribution in [-0.4, -0.2) is 80.6 Å². The molecule has 8 rings (SSSR count). The Morgan fingerprint density at radius 2 is 0.914 bits per heavy atom. The second kappa shape index (κ2) is 22.7. The minimum Gasteiger partial charge on any atom is -0.490 e. The van der Waals surface area contributed by atoms with E-state index in [2.05, 4.69) is 13.2 Å². The molecule has 4 aliphatic carbocycles. The van der Waals surface area contributed by atoms with Gasteiger partial charge < -0.3 is 47.4 Å². The van der Waals surface area contributed by atoms with E-state index in [1.165, 1.54) is 0 Å². The van der Waals surface area contributed by atoms with Crippen molar-refractivity contribution in [2.24, 2.45) is 0 Å². The summed E-state index contributed by atoms with van der Waals surface area (Å²) in [5, 5.41) is 0. The van der Waals surface area contributed by atoms with E-state index in [4.69, 9.17) is 47.4 Å². The lowest BCUT2D eigenvalue weighted by molar-refractivity contribution is -0.144. The minimum absolute atomic E-state index is 0.0651. The van der Waals surface area contributed by atoms with Crippen molar-refractivity contribution < 1.29 is 76.1 Å². The number of hydrogen-bond acceptors (Lipinski definition) is 16. The van der Waals surface area contributed by atoms with E-state index < -0.39 is 53.8 Å². The molecule has 1 atom stereocenters. The first-order valence-corrected chi connectivity index (χ1v) is 23.5. The molecule has 1 spiro atoms. The largest absolute Gasteiger partial charge is 0.514 e. The molecular weight excluding hydrogens is 905 g/mol. The van der Waals surface area contributed by atoms with Gasteiger partial charge in [0, 0.05) is 28.7 Å². The highest BCUT2D eigenvalue weighted by atomic mass is 16.7. The van der Waals surface area contributed by atoms with Gasteiger partial charge >= 0.3 is 36.2 Å². The lowest BCUT2D eigenvalue weighted by Crippen LogP contribution is -2.31. The molecular formula is C54H54O16. The number of benzene rings is 4. The van der Waals surface area contributed by atoms with Crippen LogP contribution in [0, 0.1) is 0 Å². The van der Waals surface area contributed by atoms with Crippen LogP contribution < -0.4 is 18.9 Å². The predicted octanol–water partition coefficient (Wildman–Crippen LogP) is 9.41. The molecule has 4 aromatic rings. The zero-order valence-electron chi connectivity index (χ0n) is 38.6. The lowest BCUT2D eigenvalue weighted by atomic mass is 9.76. The van der Waals surface area contributed by atoms with Crippen molar-refractivity contribution >= 4 is 36.2 Å². The highest BCUT2D eigenvalue weighted by molar-refractivity contribution is 5.90. The molecule has 0 N–H and O–H groups in total. The van der Waals surface area contributed by atoms with Crippen molar-refractivity contribution in [3.63, 3.8) is 0 Å². The lowest BCUT2D eigenvalue weighted by Gasteiger charge is -2.30. The van der Waals surface area contributed by atoms with Crippen LogP contribution >= 0.6 is 0 Å². The number of carbonyl (C=O) groups excluding carboxylic acids is 6. The SMILES string of the molecule is C=CC(=O)OCCOc1ccc(C(=O)OC2CCC(OC(=O)Oc3cccc4c3C3(CC4)CCc4cccc(OC(=O)OC5CCC(OC(=O)c6ccc(OCOC(=O)C=C)cc6)CC5)c43)CC2)cc1. The summed E-state index contributed by atoms with van der Waals surface area (Å²) in [5.41, 5.74) is 3.96. The minimum atomic E-state index is -0.823. The van der Waals surface area contributed by atoms with Crippen LogP contribution in [0.4, 0.5) is 9.59 Å². The van der Waals surface area contributed by atoms with Gasteiger partial charge in [-0.1, -0.05) is 37.4 Å². The van der Waals surface area contributed by atoms with Gasteiger partial charge in [0.15, 0.2) is 0 Å². The summed E-state index contributed by atoms with van der Waals surface area (Å²) >= 11 is 0. The molecule has 16 heteroatoms. The first-order valence-electron chi connectivity index (χ1n) is 23.5. The summed E-state index contributed by atoms with van der Waals surface area (Å²) < 4.78 is 55.7. The first-order chi connectivity index (χ1) is 34.0. The van der Waals surface area contributed by atoms with Gasteiger partial charge in [0.2, 0.25) is 6.79 Å². The standard InChI is InChI=1S/C54H54O16/c1-3-46(55)62-32-31-61-38-15-11-36(12-16-38)50(57)65-40-19-23-42(24-20-40)67-52(59)69-44-9-5-7-34-27-29-54(48(34)44)30-28-35-8-6-10-45(49(35)54)70-53(60)68-43-25-21-41(22-26-43)66-51(58)37-13-17-39(18-14-37)63-33-64-47(56)4-2/h3-18,40-43H,1-2,19-33H2. The van der Waals surface area contributed by atoms with E-state index in [0.717, 1.165) is 60.1 Å². The van der Waals surface area contributed by atoms with Crippen LogP contribution in [0.15, 0.2) is 110 Å². The van der Waals surface area contributed by atoms with Crippen molar-refractivity contribution in [1.29, 1.82) is 0 Å². The molecule has 0 aliphatic heterocycles. The molecule has 0 saturated heterocycles. The van der Waals surface area contributed by atoms with Crippen molar-refractivity contribution in [1.82, 2.24) is 0 Å². The van der Waals surface area contributed by atoms with Crippen LogP contribution in [0.3, 0.4) is 0 Å². The number of fused-ring (bicyclic) bond motifs is 4. The average Bonchev–Trinajstić information content (AvgIpc) is 3.95. The Hall–Kier alpha value is -7.62. The fourth-order valence-electron chi connectivity index (χ4n) is 9.70. The van der Waals surface area contributed by atoms with Crippen LogP contribution in [0.25, 0.3) is 0 Å². The molecule has 366 valence electrons. The normalized spacial score (nSPS) is 20.9. The van der Waals surface area contributed by atoms with Gasteiger partial charge in [-0.3, -0.25) is 0 Å². The number of rotatable bonds is 17. The fraction of sp³-hybridized carbons (Fsp3) is 0.370. The zero-order chi connectivity index (χ0) is 49.0. The summed E-state index contributed by atoms with van der Waals surface area (Å²) in [6.45, 7) is 6.59. The Morgan fingerprint density at radius 1 is 0.500 bits per heavy atom. The van der Waals surface area contributed by atoms with Crippen molar-refractivity contribution in [2.45, 2.75) is 107 Å². The summed E-state index contributed by atoms with van der Waals surface area (Å²) in [4.78, 5) is 75.0. The van der Waals surface area contributed by atoms with Gasteiger partial charge in [0.1, 0.15) is 60.6 Å². The highest BCUT2D eigenvalue weighted by Crippen LogP contribution is 2.57. The molecule has 0 bridgehead atoms. The summed E-state index contributed by atoms with van der Waals surface area (Å²) in [6, 6.07) is 24.1. The Bertz CT molecular complexity index is 2570. The second-order valence-electron chi connectivity index (χ2n) is 17.4. The van der Waals surface area contributed by atoms with Gasteiger partial charge in [0.25, 0.3) is 0 Å². The summed E-state index contributed by atoms with van der Waals surface area (Å²) in [7, 11) is 0. The zero-order valence-corrected chi connectivity index (χ0v) is 38.6. The molecule has 2 fully saturated rings. The third-order valence-electron chi connectivity index (χ3n) is 13.1. The van der Waals surface area contributed by atoms with Crippen LogP contribution in [0.2, 0.25) is 0 Å². The smallest absolute Gasteiger partial charge is 0.490 e. The number of hydrogen-bond donors (Lipinski definition) is 0. The number of ether oxygens (including phenoxy) is 10. The second-order valence-corrected chi connectivity index (χ2v) is 17.4. The molecule has 70 heavy (non-hydrogen) atoms. The Morgan fingerprint density at radius 3 is 1.36 bits per heavy atom. The maximum atomic E-state index is 13.4. The Balaban J connectivity index is 0.804. The van der Waals surface area contributed by atoms with E-state index >= 15 is 0 Å². The van der Waals surface area contributed by atoms with E-state index in [9.17, 15) is 28.8 Å². The molecule has 0 radical (unpaired) electrons. The molecule has 0 aromatic heterocycles. The molecule has 1 unspecified atom stereocenters. The number of carbonyl (C=O) groups is 6. The molecule has 4 aromatic carbocycles. The van der Waals surface area contributed by atoms with E-state index in [1.807, 2.05) is 24.3 Å². The van der Waals surface area contributed by atoms with Crippen LogP contribution in [-0.2, 0) is 56.3 Å². The van der Waals surface area contributed by atoms with Gasteiger partial charge in [-0.05, 0) is 149 Å². The quantitative estimate of drug-likeness (QED) is 0.0242. The van der Waals surface area contributed by atoms with E-state index in [-0.39, 0.29) is 32.2 Å². The molecule has 16 nitrogen and oxygen atoms in total. The maximum absolute atomic E-state index is 13.4. The molecule has 4 aliphatic rings. The van der Waals surface area contributed by atoms with Crippen molar-refractivity contribution in [3.05, 3.63) is 144 Å². The van der Waals surface area contributed by atoms with Crippen LogP contribution in [0.5, 0.6) is 23.0 Å². The van der Waals surface area contributed by atoms with Gasteiger partial charge in [-0.2, -0.15) is 0 Å². The molecule has 2 saturated carbocycles. The van der Waals surface area contributed by atoms with Gasteiger partial charge in [-0.25, -0.2) is 28.8 Å². The molecule has 0 heterocycles. The monoisotopic (exact) mass is 958 g/mol. The fourth-order valence-corrected chi connectivity index (χ4v) is 9.70. The Labute approximate surface area is 404 Å². The first kappa shape index (κ1) is 48.8. The molecule has 0 amide bonds. The highest BCUT2D eigenvalue weighted by Gasteiger charge is 2.49. The maximum Gasteiger partial charge on any atom is 0.514 e. The topological polar surface area (TPSA) is 195 Å². The summed E-state index contributed by atoms with van der Waals surface area (Å²) in [5.74, 6) is -0.396. The summed E-state index contributed by atoms with van der Waals surface area (Å²) in [6.07, 6.45) is 5.77. The number of esters is 4. The van der Waals surface area contributed by atoms with E-state index in [1.54, 1.807) is 60.7 Å². The number of aryl methyl sites for hydroxylation is 2. The predicted molar refractivity (Wildman–Crippen MR) is 249 cm³/mol. The average molecular weight is 959 g/mol. The van der Waals surface area contributed by atoms with Gasteiger partial charge in [-0.15, -0.1) is 0 Å². The van der Waals surface area contributed by atoms with Crippen molar-refractivity contribution in [2.75, 3.05) is 20.0 Å². The van der Waals surface area contributed by atoms with Crippen LogP contribution in [0.1, 0.15) is 107 Å². The third kappa shape index (κ3) is 12.0. The third-order valence-corrected chi connectivity index (χ3v) is 13.1. The van der Waals surface area contributed by atoms with E-state index in [0.29, 0.717) is 85.5 Å². The Kier molecular flexibility index (Phi) is 15.8. The van der Waals surface area contributed by atoms with Crippen molar-refractivity contribution in [3.8, 4) is 23.0 Å².